The molecule has 0 bridgehead atoms. The Morgan fingerprint density at radius 1 is 1.38 bits per heavy atom. The molecule has 1 aliphatic rings. The predicted molar refractivity (Wildman–Crippen MR) is 89.1 cm³/mol. The Kier molecular flexibility index (Phi) is 4.59. The first-order chi connectivity index (χ1) is 11.6. The molecule has 7 nitrogen and oxygen atoms in total. The van der Waals surface area contributed by atoms with Crippen molar-refractivity contribution >= 4 is 17.8 Å². The molecule has 1 aromatic carbocycles. The molecule has 2 amide bonds. The van der Waals surface area contributed by atoms with Crippen molar-refractivity contribution < 1.29 is 9.59 Å². The molecule has 24 heavy (non-hydrogen) atoms. The van der Waals surface area contributed by atoms with Gasteiger partial charge in [0.25, 0.3) is 0 Å². The van der Waals surface area contributed by atoms with E-state index in [0.29, 0.717) is 12.8 Å². The van der Waals surface area contributed by atoms with Gasteiger partial charge in [0.2, 0.25) is 17.8 Å². The zero-order valence-corrected chi connectivity index (χ0v) is 13.8. The highest BCUT2D eigenvalue weighted by Crippen LogP contribution is 2.36. The van der Waals surface area contributed by atoms with Crippen molar-refractivity contribution in [2.75, 3.05) is 12.4 Å². The average Bonchev–Trinajstić information content (AvgIpc) is 3.05. The molecule has 3 rings (SSSR count). The minimum atomic E-state index is -0.335. The minimum absolute atomic E-state index is 0.0547. The standard InChI is InChI=1S/C17H21N5O2/c1-3-13-18-17(21-20-13)19-16(24)12-9-10-14(23)22(2)15(12)11-7-5-4-6-8-11/h4-8,12,15H,3,9-10H2,1-2H3,(H2,18,19,20,21,24)/t12-,15+/m0/s1. The molecular weight excluding hydrogens is 306 g/mol. The molecule has 7 heteroatoms. The highest BCUT2D eigenvalue weighted by atomic mass is 16.2. The van der Waals surface area contributed by atoms with Gasteiger partial charge < -0.3 is 4.90 Å². The van der Waals surface area contributed by atoms with E-state index in [-0.39, 0.29) is 29.7 Å². The van der Waals surface area contributed by atoms with Crippen LogP contribution in [0.2, 0.25) is 0 Å². The number of aromatic nitrogens is 3. The largest absolute Gasteiger partial charge is 0.338 e. The maximum Gasteiger partial charge on any atom is 0.248 e. The highest BCUT2D eigenvalue weighted by Gasteiger charge is 2.39. The first-order valence-corrected chi connectivity index (χ1v) is 8.13. The van der Waals surface area contributed by atoms with Crippen molar-refractivity contribution in [3.8, 4) is 0 Å². The Morgan fingerprint density at radius 3 is 2.79 bits per heavy atom. The van der Waals surface area contributed by atoms with E-state index in [2.05, 4.69) is 20.5 Å². The van der Waals surface area contributed by atoms with E-state index < -0.39 is 0 Å². The summed E-state index contributed by atoms with van der Waals surface area (Å²) in [7, 11) is 1.75. The lowest BCUT2D eigenvalue weighted by Crippen LogP contribution is -2.44. The second-order valence-corrected chi connectivity index (χ2v) is 5.95. The topological polar surface area (TPSA) is 91.0 Å². The number of nitrogens with one attached hydrogen (secondary N) is 2. The fourth-order valence-electron chi connectivity index (χ4n) is 3.13. The van der Waals surface area contributed by atoms with E-state index in [1.807, 2.05) is 37.3 Å². The van der Waals surface area contributed by atoms with Crippen LogP contribution in [-0.4, -0.2) is 38.9 Å². The normalized spacial score (nSPS) is 20.9. The fraction of sp³-hybridized carbons (Fsp3) is 0.412. The number of aryl methyl sites for hydroxylation is 1. The molecule has 1 fully saturated rings. The van der Waals surface area contributed by atoms with Crippen molar-refractivity contribution in [3.05, 3.63) is 41.7 Å². The lowest BCUT2D eigenvalue weighted by Gasteiger charge is -2.38. The van der Waals surface area contributed by atoms with Crippen LogP contribution in [0, 0.1) is 5.92 Å². The average molecular weight is 327 g/mol. The Bertz CT molecular complexity index is 728. The molecule has 1 aromatic heterocycles. The number of rotatable bonds is 4. The molecule has 2 heterocycles. The fourth-order valence-corrected chi connectivity index (χ4v) is 3.13. The Hall–Kier alpha value is -2.70. The van der Waals surface area contributed by atoms with Gasteiger partial charge in [-0.3, -0.25) is 20.0 Å². The number of H-pyrrole nitrogens is 1. The van der Waals surface area contributed by atoms with Crippen LogP contribution in [0.5, 0.6) is 0 Å². The number of hydrogen-bond donors (Lipinski definition) is 2. The van der Waals surface area contributed by atoms with Crippen LogP contribution in [0.4, 0.5) is 5.95 Å². The van der Waals surface area contributed by atoms with Crippen molar-refractivity contribution in [2.24, 2.45) is 5.92 Å². The van der Waals surface area contributed by atoms with Gasteiger partial charge in [0.05, 0.1) is 12.0 Å². The molecule has 0 unspecified atom stereocenters. The summed E-state index contributed by atoms with van der Waals surface area (Å²) in [5.74, 6) is 0.562. The molecule has 2 atom stereocenters. The van der Waals surface area contributed by atoms with Gasteiger partial charge in [0.1, 0.15) is 5.82 Å². The van der Waals surface area contributed by atoms with Gasteiger partial charge in [-0.05, 0) is 12.0 Å². The van der Waals surface area contributed by atoms with Crippen molar-refractivity contribution in [2.45, 2.75) is 32.2 Å². The minimum Gasteiger partial charge on any atom is -0.338 e. The first kappa shape index (κ1) is 16.2. The second-order valence-electron chi connectivity index (χ2n) is 5.95. The molecular formula is C17H21N5O2. The molecule has 0 aliphatic carbocycles. The van der Waals surface area contributed by atoms with Crippen LogP contribution < -0.4 is 5.32 Å². The number of likely N-dealkylation sites (tertiary alicyclic amines) is 1. The first-order valence-electron chi connectivity index (χ1n) is 8.13. The maximum atomic E-state index is 12.8. The quantitative estimate of drug-likeness (QED) is 0.897. The summed E-state index contributed by atoms with van der Waals surface area (Å²) < 4.78 is 0. The molecule has 2 aromatic rings. The van der Waals surface area contributed by atoms with Gasteiger partial charge in [-0.15, -0.1) is 5.10 Å². The Balaban J connectivity index is 1.83. The van der Waals surface area contributed by atoms with Crippen LogP contribution in [0.1, 0.15) is 37.2 Å². The number of piperidine rings is 1. The Labute approximate surface area is 140 Å². The number of nitrogens with zero attached hydrogens (tertiary/aromatic N) is 3. The molecule has 0 spiro atoms. The van der Waals surface area contributed by atoms with Crippen LogP contribution in [0.25, 0.3) is 0 Å². The van der Waals surface area contributed by atoms with Gasteiger partial charge >= 0.3 is 0 Å². The summed E-state index contributed by atoms with van der Waals surface area (Å²) in [5, 5.41) is 9.56. The smallest absolute Gasteiger partial charge is 0.248 e. The van der Waals surface area contributed by atoms with Gasteiger partial charge in [0.15, 0.2) is 0 Å². The monoisotopic (exact) mass is 327 g/mol. The summed E-state index contributed by atoms with van der Waals surface area (Å²) in [5.41, 5.74) is 0.956. The van der Waals surface area contributed by atoms with Crippen LogP contribution >= 0.6 is 0 Å². The number of anilines is 1. The van der Waals surface area contributed by atoms with E-state index in [0.717, 1.165) is 17.8 Å². The summed E-state index contributed by atoms with van der Waals surface area (Å²) in [6.07, 6.45) is 1.60. The second kappa shape index (κ2) is 6.82. The van der Waals surface area contributed by atoms with E-state index in [9.17, 15) is 9.59 Å². The highest BCUT2D eigenvalue weighted by molar-refractivity contribution is 5.93. The number of aromatic amines is 1. The third-order valence-corrected chi connectivity index (χ3v) is 4.44. The van der Waals surface area contributed by atoms with E-state index in [4.69, 9.17) is 0 Å². The lowest BCUT2D eigenvalue weighted by molar-refractivity contribution is -0.140. The van der Waals surface area contributed by atoms with Gasteiger partial charge in [-0.2, -0.15) is 4.98 Å². The van der Waals surface area contributed by atoms with Crippen LogP contribution in [0.3, 0.4) is 0 Å². The van der Waals surface area contributed by atoms with Gasteiger partial charge in [-0.25, -0.2) is 0 Å². The van der Waals surface area contributed by atoms with E-state index >= 15 is 0 Å². The molecule has 0 radical (unpaired) electrons. The van der Waals surface area contributed by atoms with E-state index in [1.54, 1.807) is 11.9 Å². The zero-order chi connectivity index (χ0) is 17.1. The van der Waals surface area contributed by atoms with Crippen molar-refractivity contribution in [1.29, 1.82) is 0 Å². The lowest BCUT2D eigenvalue weighted by atomic mass is 9.84. The third-order valence-electron chi connectivity index (χ3n) is 4.44. The molecule has 1 saturated heterocycles. The summed E-state index contributed by atoms with van der Waals surface area (Å²) >= 11 is 0. The molecule has 1 aliphatic heterocycles. The number of carbonyl (C=O) groups is 2. The van der Waals surface area contributed by atoms with Gasteiger partial charge in [-0.1, -0.05) is 37.3 Å². The predicted octanol–water partition coefficient (Wildman–Crippen LogP) is 1.92. The molecule has 0 saturated carbocycles. The van der Waals surface area contributed by atoms with Crippen molar-refractivity contribution in [3.63, 3.8) is 0 Å². The van der Waals surface area contributed by atoms with E-state index in [1.165, 1.54) is 0 Å². The number of hydrogen-bond acceptors (Lipinski definition) is 4. The number of amides is 2. The molecule has 2 N–H and O–H groups in total. The zero-order valence-electron chi connectivity index (χ0n) is 13.8. The number of carbonyl (C=O) groups excluding carboxylic acids is 2. The maximum absolute atomic E-state index is 12.8. The Morgan fingerprint density at radius 2 is 2.12 bits per heavy atom. The van der Waals surface area contributed by atoms with Crippen molar-refractivity contribution in [1.82, 2.24) is 20.1 Å². The third kappa shape index (κ3) is 3.15. The SMILES string of the molecule is CCc1nc(NC(=O)[C@H]2CCC(=O)N(C)[C@@H]2c2ccccc2)n[nH]1. The van der Waals surface area contributed by atoms with Crippen LogP contribution in [-0.2, 0) is 16.0 Å². The summed E-state index contributed by atoms with van der Waals surface area (Å²) in [6.45, 7) is 1.96. The van der Waals surface area contributed by atoms with Gasteiger partial charge in [0, 0.05) is 19.9 Å². The molecule has 126 valence electrons. The number of benzene rings is 1. The summed E-state index contributed by atoms with van der Waals surface area (Å²) in [6, 6.07) is 9.37. The summed E-state index contributed by atoms with van der Waals surface area (Å²) in [4.78, 5) is 30.8. The van der Waals surface area contributed by atoms with Crippen LogP contribution in [0.15, 0.2) is 30.3 Å².